The van der Waals surface area contributed by atoms with Crippen molar-refractivity contribution >= 4 is 10.9 Å². The minimum atomic E-state index is -0.428. The van der Waals surface area contributed by atoms with E-state index >= 15 is 0 Å². The number of fused-ring (bicyclic) bond motifs is 1. The van der Waals surface area contributed by atoms with Gasteiger partial charge in [-0.15, -0.1) is 0 Å². The number of nitrogens with one attached hydrogen (secondary N) is 1. The van der Waals surface area contributed by atoms with Gasteiger partial charge >= 0.3 is 0 Å². The predicted octanol–water partition coefficient (Wildman–Crippen LogP) is 2.98. The zero-order chi connectivity index (χ0) is 18.8. The van der Waals surface area contributed by atoms with E-state index in [1.807, 2.05) is 42.5 Å². The van der Waals surface area contributed by atoms with Crippen molar-refractivity contribution in [3.63, 3.8) is 0 Å². The van der Waals surface area contributed by atoms with Gasteiger partial charge in [-0.1, -0.05) is 18.2 Å². The van der Waals surface area contributed by atoms with Crippen molar-refractivity contribution in [3.8, 4) is 22.8 Å². The second-order valence-electron chi connectivity index (χ2n) is 6.28. The Balaban J connectivity index is 1.62. The monoisotopic (exact) mass is 361 g/mol. The molecular formula is C20H19N5O2. The number of methoxy groups -OCH3 is 1. The van der Waals surface area contributed by atoms with Crippen LogP contribution < -0.4 is 10.5 Å². The van der Waals surface area contributed by atoms with E-state index in [-0.39, 0.29) is 5.88 Å². The fourth-order valence-electron chi connectivity index (χ4n) is 2.99. The summed E-state index contributed by atoms with van der Waals surface area (Å²) in [6.07, 6.45) is 4.07. The summed E-state index contributed by atoms with van der Waals surface area (Å²) >= 11 is 0. The molecule has 7 heteroatoms. The maximum absolute atomic E-state index is 10.4. The first kappa shape index (κ1) is 17.0. The van der Waals surface area contributed by atoms with Crippen LogP contribution in [0.25, 0.3) is 22.0 Å². The lowest BCUT2D eigenvalue weighted by atomic mass is 10.0. The van der Waals surface area contributed by atoms with Crippen molar-refractivity contribution in [2.24, 2.45) is 5.73 Å². The number of aromatic nitrogens is 4. The van der Waals surface area contributed by atoms with Crippen LogP contribution in [-0.2, 0) is 6.42 Å². The molecule has 0 saturated carbocycles. The molecule has 0 amide bonds. The molecular weight excluding hydrogens is 342 g/mol. The summed E-state index contributed by atoms with van der Waals surface area (Å²) in [5.41, 5.74) is 9.83. The summed E-state index contributed by atoms with van der Waals surface area (Å²) in [4.78, 5) is 8.77. The van der Waals surface area contributed by atoms with Crippen LogP contribution in [0, 0.1) is 0 Å². The summed E-state index contributed by atoms with van der Waals surface area (Å²) in [5.74, 6) is 1.12. The van der Waals surface area contributed by atoms with Crippen LogP contribution in [0.1, 0.15) is 17.4 Å². The second kappa shape index (κ2) is 7.05. The third-order valence-corrected chi connectivity index (χ3v) is 4.47. The fourth-order valence-corrected chi connectivity index (χ4v) is 2.99. The molecule has 2 aromatic heterocycles. The average molecular weight is 361 g/mol. The van der Waals surface area contributed by atoms with Crippen LogP contribution in [0.15, 0.2) is 54.9 Å². The van der Waals surface area contributed by atoms with Gasteiger partial charge in [-0.05, 0) is 41.8 Å². The highest BCUT2D eigenvalue weighted by atomic mass is 16.5. The third kappa shape index (κ3) is 3.45. The van der Waals surface area contributed by atoms with Gasteiger partial charge in [0.1, 0.15) is 11.6 Å². The van der Waals surface area contributed by atoms with Crippen molar-refractivity contribution in [2.75, 3.05) is 7.11 Å². The maximum atomic E-state index is 10.4. The van der Waals surface area contributed by atoms with Crippen LogP contribution in [-0.4, -0.2) is 32.4 Å². The summed E-state index contributed by atoms with van der Waals surface area (Å²) in [5, 5.41) is 17.7. The first-order valence-corrected chi connectivity index (χ1v) is 8.52. The highest BCUT2D eigenvalue weighted by Gasteiger charge is 2.15. The van der Waals surface area contributed by atoms with Crippen molar-refractivity contribution in [2.45, 2.75) is 12.5 Å². The lowest BCUT2D eigenvalue weighted by Crippen LogP contribution is -2.16. The van der Waals surface area contributed by atoms with Gasteiger partial charge in [-0.25, -0.2) is 4.98 Å². The van der Waals surface area contributed by atoms with Crippen LogP contribution in [0.2, 0.25) is 0 Å². The molecule has 0 spiro atoms. The number of hydrogen-bond acceptors (Lipinski definition) is 6. The van der Waals surface area contributed by atoms with Crippen molar-refractivity contribution in [1.82, 2.24) is 20.2 Å². The Morgan fingerprint density at radius 1 is 1.11 bits per heavy atom. The van der Waals surface area contributed by atoms with E-state index in [9.17, 15) is 5.11 Å². The van der Waals surface area contributed by atoms with Gasteiger partial charge in [0.15, 0.2) is 0 Å². The number of aromatic amines is 1. The summed E-state index contributed by atoms with van der Waals surface area (Å²) in [6, 6.07) is 12.9. The molecule has 2 heterocycles. The largest absolute Gasteiger partial charge is 0.497 e. The number of H-pyrrole nitrogens is 1. The van der Waals surface area contributed by atoms with E-state index in [4.69, 9.17) is 10.5 Å². The molecule has 1 atom stereocenters. The van der Waals surface area contributed by atoms with Crippen molar-refractivity contribution in [1.29, 1.82) is 0 Å². The highest BCUT2D eigenvalue weighted by Crippen LogP contribution is 2.28. The molecule has 4 rings (SSSR count). The normalized spacial score (nSPS) is 12.2. The van der Waals surface area contributed by atoms with Gasteiger partial charge in [0, 0.05) is 11.8 Å². The number of rotatable bonds is 5. The summed E-state index contributed by atoms with van der Waals surface area (Å²) in [6.45, 7) is 0. The highest BCUT2D eigenvalue weighted by molar-refractivity contribution is 5.87. The zero-order valence-electron chi connectivity index (χ0n) is 14.8. The van der Waals surface area contributed by atoms with E-state index < -0.39 is 6.04 Å². The molecule has 1 unspecified atom stereocenters. The summed E-state index contributed by atoms with van der Waals surface area (Å²) < 4.78 is 5.16. The lowest BCUT2D eigenvalue weighted by molar-refractivity contribution is 0.414. The first-order valence-electron chi connectivity index (χ1n) is 8.52. The Morgan fingerprint density at radius 3 is 2.63 bits per heavy atom. The van der Waals surface area contributed by atoms with Gasteiger partial charge < -0.3 is 15.6 Å². The van der Waals surface area contributed by atoms with E-state index in [1.165, 1.54) is 0 Å². The maximum Gasteiger partial charge on any atom is 0.222 e. The van der Waals surface area contributed by atoms with Crippen LogP contribution in [0.4, 0.5) is 0 Å². The van der Waals surface area contributed by atoms with E-state index in [2.05, 4.69) is 20.2 Å². The number of aromatic hydroxyl groups is 1. The Labute approximate surface area is 155 Å². The average Bonchev–Trinajstić information content (AvgIpc) is 3.23. The predicted molar refractivity (Wildman–Crippen MR) is 102 cm³/mol. The molecule has 0 fully saturated rings. The fraction of sp³-hybridized carbons (Fsp3) is 0.150. The van der Waals surface area contributed by atoms with Gasteiger partial charge in [-0.3, -0.25) is 5.10 Å². The van der Waals surface area contributed by atoms with Gasteiger partial charge in [0.25, 0.3) is 0 Å². The first-order chi connectivity index (χ1) is 13.1. The zero-order valence-corrected chi connectivity index (χ0v) is 14.8. The number of ether oxygens (including phenoxy) is 1. The summed E-state index contributed by atoms with van der Waals surface area (Å²) in [7, 11) is 1.63. The molecule has 2 aromatic carbocycles. The molecule has 136 valence electrons. The molecule has 4 N–H and O–H groups in total. The Bertz CT molecular complexity index is 1060. The van der Waals surface area contributed by atoms with E-state index in [0.29, 0.717) is 23.1 Å². The van der Waals surface area contributed by atoms with Crippen molar-refractivity contribution in [3.05, 3.63) is 66.2 Å². The van der Waals surface area contributed by atoms with Crippen LogP contribution >= 0.6 is 0 Å². The molecule has 0 aliphatic carbocycles. The van der Waals surface area contributed by atoms with E-state index in [1.54, 1.807) is 19.5 Å². The standard InChI is InChI=1S/C20H19N5O2/c1-27-15-5-2-12(3-6-15)8-17(21)19-24-18-7-4-13(14-10-22-23-11-14)9-16(18)20(26)25-19/h2-7,9-11,17H,8,21H2,1H3,(H,22,23)(H,24,25,26). The van der Waals surface area contributed by atoms with Crippen LogP contribution in [0.3, 0.4) is 0 Å². The molecule has 0 radical (unpaired) electrons. The molecule has 7 nitrogen and oxygen atoms in total. The van der Waals surface area contributed by atoms with Gasteiger partial charge in [0.2, 0.25) is 5.88 Å². The van der Waals surface area contributed by atoms with Gasteiger partial charge in [0.05, 0.1) is 30.3 Å². The molecule has 0 aliphatic rings. The lowest BCUT2D eigenvalue weighted by Gasteiger charge is -2.13. The SMILES string of the molecule is COc1ccc(CC(N)c2nc(O)c3cc(-c4cn[nH]c4)ccc3n2)cc1. The number of benzene rings is 2. The number of hydrogen-bond donors (Lipinski definition) is 3. The smallest absolute Gasteiger partial charge is 0.222 e. The Hall–Kier alpha value is -3.45. The Morgan fingerprint density at radius 2 is 1.93 bits per heavy atom. The quantitative estimate of drug-likeness (QED) is 0.504. The third-order valence-electron chi connectivity index (χ3n) is 4.47. The minimum Gasteiger partial charge on any atom is -0.497 e. The second-order valence-corrected chi connectivity index (χ2v) is 6.28. The number of nitrogens with two attached hydrogens (primary N) is 1. The molecule has 0 aliphatic heterocycles. The van der Waals surface area contributed by atoms with Gasteiger partial charge in [-0.2, -0.15) is 10.1 Å². The minimum absolute atomic E-state index is 0.0782. The molecule has 0 bridgehead atoms. The van der Waals surface area contributed by atoms with Crippen LogP contribution in [0.5, 0.6) is 11.6 Å². The molecule has 4 aromatic rings. The van der Waals surface area contributed by atoms with Crippen molar-refractivity contribution < 1.29 is 9.84 Å². The Kier molecular flexibility index (Phi) is 4.43. The number of nitrogens with zero attached hydrogens (tertiary/aromatic N) is 3. The van der Waals surface area contributed by atoms with E-state index in [0.717, 1.165) is 22.4 Å². The topological polar surface area (TPSA) is 110 Å². The molecule has 0 saturated heterocycles. The molecule has 27 heavy (non-hydrogen) atoms.